The number of para-hydroxylation sites is 1. The smallest absolute Gasteiger partial charge is 0.183 e. The van der Waals surface area contributed by atoms with Gasteiger partial charge in [0.1, 0.15) is 5.58 Å². The highest BCUT2D eigenvalue weighted by Crippen LogP contribution is 2.25. The molecule has 60 valence electrons. The predicted octanol–water partition coefficient (Wildman–Crippen LogP) is 2.72. The summed E-state index contributed by atoms with van der Waals surface area (Å²) < 4.78 is 5.34. The number of hydrogen-bond donors (Lipinski definition) is 0. The van der Waals surface area contributed by atoms with Crippen molar-refractivity contribution in [3.63, 3.8) is 0 Å². The molecule has 2 rings (SSSR count). The lowest BCUT2D eigenvalue weighted by molar-refractivity contribution is 0.515. The average Bonchev–Trinajstić information content (AvgIpc) is 2.47. The van der Waals surface area contributed by atoms with Crippen molar-refractivity contribution in [1.29, 1.82) is 0 Å². The van der Waals surface area contributed by atoms with Crippen LogP contribution in [0.15, 0.2) is 39.8 Å². The van der Waals surface area contributed by atoms with Crippen molar-refractivity contribution in [2.75, 3.05) is 0 Å². The van der Waals surface area contributed by atoms with Gasteiger partial charge in [-0.1, -0.05) is 18.2 Å². The van der Waals surface area contributed by atoms with E-state index in [0.717, 1.165) is 28.3 Å². The fraction of sp³-hybridized carbons (Fsp3) is 0. The number of thioether (sulfide) groups is 1. The number of fused-ring (bicyclic) bond motifs is 1. The SMILES string of the molecule is O=CSc1cc2ccccc2o1. The van der Waals surface area contributed by atoms with Crippen molar-refractivity contribution in [3.8, 4) is 0 Å². The highest BCUT2D eigenvalue weighted by atomic mass is 32.2. The second-order valence-electron chi connectivity index (χ2n) is 2.32. The Kier molecular flexibility index (Phi) is 1.87. The molecule has 0 amide bonds. The van der Waals surface area contributed by atoms with Crippen molar-refractivity contribution in [1.82, 2.24) is 0 Å². The first-order valence-corrected chi connectivity index (χ1v) is 4.37. The molecule has 1 aromatic carbocycles. The zero-order valence-corrected chi connectivity index (χ0v) is 7.01. The summed E-state index contributed by atoms with van der Waals surface area (Å²) in [6.07, 6.45) is 0. The molecule has 0 saturated heterocycles. The Morgan fingerprint density at radius 1 is 1.33 bits per heavy atom. The fourth-order valence-electron chi connectivity index (χ4n) is 1.06. The molecule has 0 fully saturated rings. The number of furan rings is 1. The van der Waals surface area contributed by atoms with E-state index in [1.807, 2.05) is 30.3 Å². The average molecular weight is 178 g/mol. The normalized spacial score (nSPS) is 10.3. The molecule has 3 heteroatoms. The molecule has 0 saturated carbocycles. The predicted molar refractivity (Wildman–Crippen MR) is 48.8 cm³/mol. The summed E-state index contributed by atoms with van der Waals surface area (Å²) in [4.78, 5) is 10.2. The summed E-state index contributed by atoms with van der Waals surface area (Å²) in [6.45, 7) is 0. The van der Waals surface area contributed by atoms with Crippen molar-refractivity contribution < 1.29 is 9.21 Å². The van der Waals surface area contributed by atoms with Crippen LogP contribution in [-0.4, -0.2) is 5.62 Å². The third-order valence-corrected chi connectivity index (χ3v) is 2.10. The molecule has 0 aliphatic carbocycles. The molecule has 0 radical (unpaired) electrons. The first-order valence-electron chi connectivity index (χ1n) is 3.49. The van der Waals surface area contributed by atoms with E-state index in [1.54, 1.807) is 0 Å². The van der Waals surface area contributed by atoms with Gasteiger partial charge in [0.25, 0.3) is 0 Å². The van der Waals surface area contributed by atoms with Gasteiger partial charge < -0.3 is 4.42 Å². The molecule has 0 spiro atoms. The third-order valence-electron chi connectivity index (χ3n) is 1.57. The zero-order valence-electron chi connectivity index (χ0n) is 6.19. The first kappa shape index (κ1) is 7.43. The fourth-order valence-corrected chi connectivity index (χ4v) is 1.49. The van der Waals surface area contributed by atoms with E-state index in [4.69, 9.17) is 4.42 Å². The van der Waals surface area contributed by atoms with Crippen LogP contribution < -0.4 is 0 Å². The Labute approximate surface area is 73.6 Å². The monoisotopic (exact) mass is 178 g/mol. The summed E-state index contributed by atoms with van der Waals surface area (Å²) in [7, 11) is 0. The molecule has 0 unspecified atom stereocenters. The van der Waals surface area contributed by atoms with Gasteiger partial charge >= 0.3 is 0 Å². The lowest BCUT2D eigenvalue weighted by Crippen LogP contribution is -1.58. The summed E-state index contributed by atoms with van der Waals surface area (Å²) >= 11 is 1.05. The third kappa shape index (κ3) is 1.23. The van der Waals surface area contributed by atoms with Crippen molar-refractivity contribution in [2.45, 2.75) is 5.09 Å². The maximum Gasteiger partial charge on any atom is 0.183 e. The van der Waals surface area contributed by atoms with Gasteiger partial charge in [-0.2, -0.15) is 0 Å². The van der Waals surface area contributed by atoms with Gasteiger partial charge in [-0.3, -0.25) is 4.79 Å². The van der Waals surface area contributed by atoms with Crippen LogP contribution in [0.2, 0.25) is 0 Å². The van der Waals surface area contributed by atoms with Crippen LogP contribution >= 0.6 is 11.8 Å². The lowest BCUT2D eigenvalue weighted by Gasteiger charge is -1.83. The van der Waals surface area contributed by atoms with Gasteiger partial charge in [-0.25, -0.2) is 0 Å². The van der Waals surface area contributed by atoms with E-state index in [9.17, 15) is 4.79 Å². The number of benzene rings is 1. The molecule has 0 N–H and O–H groups in total. The molecular weight excluding hydrogens is 172 g/mol. The maximum atomic E-state index is 10.2. The van der Waals surface area contributed by atoms with Gasteiger partial charge in [0.05, 0.1) is 0 Å². The van der Waals surface area contributed by atoms with Crippen molar-refractivity contribution in [3.05, 3.63) is 30.3 Å². The second kappa shape index (κ2) is 3.03. The number of hydrogen-bond acceptors (Lipinski definition) is 3. The topological polar surface area (TPSA) is 30.2 Å². The van der Waals surface area contributed by atoms with E-state index in [1.165, 1.54) is 0 Å². The molecule has 2 nitrogen and oxygen atoms in total. The molecular formula is C9H6O2S. The van der Waals surface area contributed by atoms with Crippen LogP contribution in [0.25, 0.3) is 11.0 Å². The zero-order chi connectivity index (χ0) is 8.39. The van der Waals surface area contributed by atoms with Crippen LogP contribution in [-0.2, 0) is 4.79 Å². The summed E-state index contributed by atoms with van der Waals surface area (Å²) in [5.41, 5.74) is 1.58. The largest absolute Gasteiger partial charge is 0.449 e. The van der Waals surface area contributed by atoms with Gasteiger partial charge in [0, 0.05) is 5.39 Å². The minimum absolute atomic E-state index is 0.645. The second-order valence-corrected chi connectivity index (χ2v) is 3.15. The minimum atomic E-state index is 0.645. The summed E-state index contributed by atoms with van der Waals surface area (Å²) in [6, 6.07) is 9.53. The van der Waals surface area contributed by atoms with Crippen LogP contribution in [0.1, 0.15) is 0 Å². The van der Waals surface area contributed by atoms with Gasteiger partial charge in [-0.05, 0) is 23.9 Å². The molecule has 2 aromatic rings. The summed E-state index contributed by atoms with van der Waals surface area (Å²) in [5.74, 6) is 0. The highest BCUT2D eigenvalue weighted by molar-refractivity contribution is 8.11. The lowest BCUT2D eigenvalue weighted by atomic mass is 10.3. The molecule has 1 aromatic heterocycles. The Balaban J connectivity index is 2.54. The Bertz CT molecular complexity index is 373. The number of carbonyl (C=O) groups is 1. The van der Waals surface area contributed by atoms with E-state index in [0.29, 0.717) is 5.09 Å². The van der Waals surface area contributed by atoms with Crippen molar-refractivity contribution in [2.24, 2.45) is 0 Å². The minimum Gasteiger partial charge on any atom is -0.449 e. The van der Waals surface area contributed by atoms with Gasteiger partial charge in [0.15, 0.2) is 10.7 Å². The number of carbonyl (C=O) groups excluding carboxylic acids is 1. The van der Waals surface area contributed by atoms with Crippen LogP contribution in [0, 0.1) is 0 Å². The highest BCUT2D eigenvalue weighted by Gasteiger charge is 2.01. The van der Waals surface area contributed by atoms with Crippen LogP contribution in [0.3, 0.4) is 0 Å². The van der Waals surface area contributed by atoms with E-state index >= 15 is 0 Å². The van der Waals surface area contributed by atoms with Crippen LogP contribution in [0.4, 0.5) is 0 Å². The maximum absolute atomic E-state index is 10.2. The van der Waals surface area contributed by atoms with Gasteiger partial charge in [-0.15, -0.1) is 0 Å². The first-order chi connectivity index (χ1) is 5.90. The Morgan fingerprint density at radius 3 is 2.92 bits per heavy atom. The van der Waals surface area contributed by atoms with Gasteiger partial charge in [0.2, 0.25) is 0 Å². The van der Waals surface area contributed by atoms with Crippen LogP contribution in [0.5, 0.6) is 0 Å². The Morgan fingerprint density at radius 2 is 2.17 bits per heavy atom. The van der Waals surface area contributed by atoms with E-state index in [-0.39, 0.29) is 0 Å². The summed E-state index contributed by atoms with van der Waals surface area (Å²) in [5, 5.41) is 1.67. The van der Waals surface area contributed by atoms with Crippen molar-refractivity contribution >= 4 is 28.3 Å². The molecule has 12 heavy (non-hydrogen) atoms. The molecule has 1 heterocycles. The van der Waals surface area contributed by atoms with E-state index in [2.05, 4.69) is 0 Å². The molecule has 0 aliphatic rings. The number of rotatable bonds is 2. The van der Waals surface area contributed by atoms with E-state index < -0.39 is 0 Å². The molecule has 0 bridgehead atoms. The molecule has 0 aliphatic heterocycles. The Hall–Kier alpha value is -1.22. The molecule has 0 atom stereocenters. The standard InChI is InChI=1S/C9H6O2S/c10-6-12-9-5-7-3-1-2-4-8(7)11-9/h1-6H. The quantitative estimate of drug-likeness (QED) is 0.523.